The van der Waals surface area contributed by atoms with Crippen molar-refractivity contribution in [3.8, 4) is 0 Å². The Balaban J connectivity index is 1.59. The molecule has 0 radical (unpaired) electrons. The highest BCUT2D eigenvalue weighted by molar-refractivity contribution is 6.01. The number of carbonyl (C=O) groups excluding carboxylic acids is 1. The van der Waals surface area contributed by atoms with Gasteiger partial charge < -0.3 is 14.1 Å². The van der Waals surface area contributed by atoms with Crippen LogP contribution >= 0.6 is 0 Å². The van der Waals surface area contributed by atoms with Crippen molar-refractivity contribution in [3.05, 3.63) is 60.1 Å². The van der Waals surface area contributed by atoms with Crippen LogP contribution in [0.5, 0.6) is 0 Å². The summed E-state index contributed by atoms with van der Waals surface area (Å²) in [5.74, 6) is 1.31. The first-order valence-electron chi connectivity index (χ1n) is 10.9. The van der Waals surface area contributed by atoms with Gasteiger partial charge in [-0.25, -0.2) is 0 Å². The predicted octanol–water partition coefficient (Wildman–Crippen LogP) is 4.99. The third-order valence-corrected chi connectivity index (χ3v) is 7.09. The van der Waals surface area contributed by atoms with Crippen LogP contribution in [0, 0.1) is 17.3 Å². The highest BCUT2D eigenvalue weighted by Crippen LogP contribution is 2.54. The molecule has 2 bridgehead atoms. The summed E-state index contributed by atoms with van der Waals surface area (Å²) in [7, 11) is 0. The van der Waals surface area contributed by atoms with Gasteiger partial charge in [0.2, 0.25) is 5.91 Å². The Labute approximate surface area is 178 Å². The van der Waals surface area contributed by atoms with Crippen LogP contribution in [0.1, 0.15) is 57.8 Å². The molecule has 2 aliphatic heterocycles. The summed E-state index contributed by atoms with van der Waals surface area (Å²) in [4.78, 5) is 20.7. The van der Waals surface area contributed by atoms with Gasteiger partial charge >= 0.3 is 0 Å². The molecule has 1 aromatic heterocycles. The fourth-order valence-corrected chi connectivity index (χ4v) is 5.33. The van der Waals surface area contributed by atoms with E-state index in [-0.39, 0.29) is 35.3 Å². The third-order valence-electron chi connectivity index (χ3n) is 7.09. The van der Waals surface area contributed by atoms with E-state index >= 15 is 0 Å². The molecule has 30 heavy (non-hydrogen) atoms. The molecule has 0 N–H and O–H groups in total. The number of ether oxygens (including phenoxy) is 1. The molecule has 1 aliphatic carbocycles. The second-order valence-corrected chi connectivity index (χ2v) is 10.1. The van der Waals surface area contributed by atoms with Crippen LogP contribution < -0.4 is 0 Å². The smallest absolute Gasteiger partial charge is 0.229 e. The minimum Gasteiger partial charge on any atom is -0.467 e. The van der Waals surface area contributed by atoms with Gasteiger partial charge in [-0.15, -0.1) is 0 Å². The molecule has 1 aromatic carbocycles. The second-order valence-electron chi connectivity index (χ2n) is 10.1. The number of carbonyl (C=O) groups is 1. The number of furan rings is 1. The highest BCUT2D eigenvalue weighted by atomic mass is 16.6. The van der Waals surface area contributed by atoms with Crippen LogP contribution in [0.3, 0.4) is 0 Å². The van der Waals surface area contributed by atoms with Crippen LogP contribution in [-0.2, 0) is 16.1 Å². The van der Waals surface area contributed by atoms with Crippen molar-refractivity contribution < 1.29 is 13.9 Å². The number of hydrogen-bond donors (Lipinski definition) is 0. The quantitative estimate of drug-likeness (QED) is 0.721. The normalized spacial score (nSPS) is 33.4. The average molecular weight is 407 g/mol. The van der Waals surface area contributed by atoms with Gasteiger partial charge in [0.05, 0.1) is 18.5 Å². The lowest BCUT2D eigenvalue weighted by molar-refractivity contribution is -0.159. The van der Waals surface area contributed by atoms with Crippen molar-refractivity contribution >= 4 is 11.6 Å². The van der Waals surface area contributed by atoms with Gasteiger partial charge in [-0.05, 0) is 36.0 Å². The molecule has 1 saturated heterocycles. The van der Waals surface area contributed by atoms with E-state index in [4.69, 9.17) is 14.1 Å². The van der Waals surface area contributed by atoms with Gasteiger partial charge in [-0.1, -0.05) is 58.0 Å². The van der Waals surface area contributed by atoms with E-state index in [1.54, 1.807) is 6.26 Å². The second kappa shape index (κ2) is 6.81. The number of benzene rings is 1. The Hall–Kier alpha value is -2.40. The molecular weight excluding hydrogens is 376 g/mol. The lowest BCUT2D eigenvalue weighted by atomic mass is 9.78. The maximum absolute atomic E-state index is 13.7. The van der Waals surface area contributed by atoms with Gasteiger partial charge in [0.1, 0.15) is 5.76 Å². The summed E-state index contributed by atoms with van der Waals surface area (Å²) in [5.41, 5.74) is 1.40. The van der Waals surface area contributed by atoms with E-state index < -0.39 is 5.72 Å². The number of amides is 1. The topological polar surface area (TPSA) is 55.0 Å². The van der Waals surface area contributed by atoms with Gasteiger partial charge in [0, 0.05) is 17.8 Å². The van der Waals surface area contributed by atoms with Crippen molar-refractivity contribution in [1.29, 1.82) is 0 Å². The molecule has 2 aromatic rings. The molecule has 2 fully saturated rings. The summed E-state index contributed by atoms with van der Waals surface area (Å²) in [5, 5.41) is 0. The first kappa shape index (κ1) is 19.6. The monoisotopic (exact) mass is 406 g/mol. The number of hydrogen-bond acceptors (Lipinski definition) is 4. The summed E-state index contributed by atoms with van der Waals surface area (Å²) in [6.45, 7) is 9.07. The largest absolute Gasteiger partial charge is 0.467 e. The molecule has 1 spiro atoms. The molecule has 5 atom stereocenters. The van der Waals surface area contributed by atoms with Gasteiger partial charge in [-0.3, -0.25) is 9.79 Å². The number of rotatable bonds is 3. The molecule has 5 nitrogen and oxygen atoms in total. The van der Waals surface area contributed by atoms with Crippen molar-refractivity contribution in [1.82, 2.24) is 4.90 Å². The van der Waals surface area contributed by atoms with Crippen LogP contribution in [0.4, 0.5) is 0 Å². The molecule has 3 aliphatic rings. The van der Waals surface area contributed by atoms with Crippen LogP contribution in [0.2, 0.25) is 0 Å². The van der Waals surface area contributed by atoms with Gasteiger partial charge in [0.15, 0.2) is 12.0 Å². The van der Waals surface area contributed by atoms with Crippen LogP contribution in [0.25, 0.3) is 0 Å². The minimum absolute atomic E-state index is 0.0865. The van der Waals surface area contributed by atoms with E-state index in [1.165, 1.54) is 5.56 Å². The Morgan fingerprint density at radius 3 is 2.57 bits per heavy atom. The zero-order valence-electron chi connectivity index (χ0n) is 18.2. The SMILES string of the molecule is C[C@H]1[C@@H]2C[C@@]3(O[C@H](C(C)(C)C)N=C3C[C@@H]1c1ccccc1)N(Cc1ccco1)C2=O. The maximum atomic E-state index is 13.7. The Bertz CT molecular complexity index is 960. The third kappa shape index (κ3) is 2.94. The maximum Gasteiger partial charge on any atom is 0.229 e. The van der Waals surface area contributed by atoms with Crippen molar-refractivity contribution in [3.63, 3.8) is 0 Å². The van der Waals surface area contributed by atoms with Crippen LogP contribution in [-0.4, -0.2) is 28.5 Å². The Kier molecular flexibility index (Phi) is 4.44. The van der Waals surface area contributed by atoms with Crippen LogP contribution in [0.15, 0.2) is 58.1 Å². The summed E-state index contributed by atoms with van der Waals surface area (Å²) >= 11 is 0. The minimum atomic E-state index is -0.760. The number of fused-ring (bicyclic) bond motifs is 1. The van der Waals surface area contributed by atoms with E-state index in [0.717, 1.165) is 17.9 Å². The summed E-state index contributed by atoms with van der Waals surface area (Å²) in [6, 6.07) is 14.3. The lowest BCUT2D eigenvalue weighted by Gasteiger charge is -2.38. The van der Waals surface area contributed by atoms with E-state index in [9.17, 15) is 4.79 Å². The first-order chi connectivity index (χ1) is 14.3. The fraction of sp³-hybridized carbons (Fsp3) is 0.520. The van der Waals surface area contributed by atoms with Crippen molar-refractivity contribution in [2.45, 2.75) is 65.0 Å². The zero-order valence-corrected chi connectivity index (χ0v) is 18.2. The molecular formula is C25H30N2O3. The summed E-state index contributed by atoms with van der Waals surface area (Å²) in [6.07, 6.45) is 2.88. The van der Waals surface area contributed by atoms with E-state index in [2.05, 4.69) is 52.0 Å². The predicted molar refractivity (Wildman–Crippen MR) is 115 cm³/mol. The average Bonchev–Trinajstić information content (AvgIpc) is 3.40. The number of nitrogens with zero attached hydrogens (tertiary/aromatic N) is 2. The van der Waals surface area contributed by atoms with E-state index in [0.29, 0.717) is 13.0 Å². The van der Waals surface area contributed by atoms with Crippen molar-refractivity contribution in [2.24, 2.45) is 22.2 Å². The molecule has 3 heterocycles. The molecule has 1 amide bonds. The first-order valence-corrected chi connectivity index (χ1v) is 10.9. The van der Waals surface area contributed by atoms with Gasteiger partial charge in [0.25, 0.3) is 0 Å². The molecule has 0 unspecified atom stereocenters. The standard InChI is InChI=1S/C25H30N2O3/c1-16-19(17-9-6-5-7-10-17)13-21-25(30-23(26-21)24(2,3)4)14-20(16)22(28)27(25)15-18-11-8-12-29-18/h5-12,16,19-20,23H,13-15H2,1-4H3/t16-,19+,20+,23-,25+/m1/s1. The van der Waals surface area contributed by atoms with Gasteiger partial charge in [-0.2, -0.15) is 0 Å². The zero-order chi connectivity index (χ0) is 21.1. The number of aliphatic imine (C=N–C) groups is 1. The molecule has 1 saturated carbocycles. The Morgan fingerprint density at radius 1 is 1.13 bits per heavy atom. The molecule has 5 rings (SSSR count). The van der Waals surface area contributed by atoms with E-state index in [1.807, 2.05) is 23.1 Å². The summed E-state index contributed by atoms with van der Waals surface area (Å²) < 4.78 is 12.3. The molecule has 158 valence electrons. The fourth-order valence-electron chi connectivity index (χ4n) is 5.33. The highest BCUT2D eigenvalue weighted by Gasteiger charge is 2.63. The van der Waals surface area contributed by atoms with Crippen molar-refractivity contribution in [2.75, 3.05) is 0 Å². The lowest BCUT2D eigenvalue weighted by Crippen LogP contribution is -2.52. The molecule has 5 heteroatoms. The number of likely N-dealkylation sites (tertiary alicyclic amines) is 1. The Morgan fingerprint density at radius 2 is 1.90 bits per heavy atom.